The van der Waals surface area contributed by atoms with Crippen molar-refractivity contribution in [2.45, 2.75) is 51.1 Å². The van der Waals surface area contributed by atoms with E-state index in [1.807, 2.05) is 26.0 Å². The SMILES string of the molecule is CCOc1ccccc1N(CC(=O)NCc1cccc(CN2CCCCC2)c1)S(=O)(=O)c1ccc(C)cc1. The summed E-state index contributed by atoms with van der Waals surface area (Å²) in [5.74, 6) is 0.0114. The smallest absolute Gasteiger partial charge is 0.264 e. The predicted octanol–water partition coefficient (Wildman–Crippen LogP) is 4.89. The van der Waals surface area contributed by atoms with Gasteiger partial charge in [0.2, 0.25) is 5.91 Å². The van der Waals surface area contributed by atoms with Crippen LogP contribution in [0.5, 0.6) is 5.75 Å². The van der Waals surface area contributed by atoms with E-state index in [-0.39, 0.29) is 11.4 Å². The van der Waals surface area contributed by atoms with E-state index in [4.69, 9.17) is 4.74 Å². The van der Waals surface area contributed by atoms with Crippen molar-refractivity contribution in [2.24, 2.45) is 0 Å². The number of aryl methyl sites for hydroxylation is 1. The van der Waals surface area contributed by atoms with Gasteiger partial charge < -0.3 is 10.1 Å². The van der Waals surface area contributed by atoms with Gasteiger partial charge in [-0.2, -0.15) is 0 Å². The molecule has 0 spiro atoms. The zero-order valence-electron chi connectivity index (χ0n) is 22.2. The van der Waals surface area contributed by atoms with E-state index in [1.54, 1.807) is 48.5 Å². The summed E-state index contributed by atoms with van der Waals surface area (Å²) < 4.78 is 34.3. The van der Waals surface area contributed by atoms with Crippen LogP contribution in [0.25, 0.3) is 0 Å². The van der Waals surface area contributed by atoms with Crippen LogP contribution in [0.3, 0.4) is 0 Å². The molecule has 3 aromatic carbocycles. The van der Waals surface area contributed by atoms with E-state index in [1.165, 1.54) is 24.8 Å². The molecule has 0 aromatic heterocycles. The summed E-state index contributed by atoms with van der Waals surface area (Å²) in [5, 5.41) is 2.91. The van der Waals surface area contributed by atoms with Crippen molar-refractivity contribution in [3.8, 4) is 5.75 Å². The molecular weight excluding hydrogens is 498 g/mol. The number of amides is 1. The fraction of sp³-hybridized carbons (Fsp3) is 0.367. The highest BCUT2D eigenvalue weighted by molar-refractivity contribution is 7.92. The number of benzene rings is 3. The maximum Gasteiger partial charge on any atom is 0.264 e. The molecule has 0 atom stereocenters. The van der Waals surface area contributed by atoms with Crippen LogP contribution in [0, 0.1) is 6.92 Å². The number of anilines is 1. The molecule has 0 aliphatic carbocycles. The van der Waals surface area contributed by atoms with Crippen LogP contribution in [0.15, 0.2) is 77.7 Å². The average Bonchev–Trinajstić information content (AvgIpc) is 2.92. The Morgan fingerprint density at radius 3 is 2.39 bits per heavy atom. The van der Waals surface area contributed by atoms with Crippen LogP contribution in [0.2, 0.25) is 0 Å². The molecule has 1 aliphatic rings. The van der Waals surface area contributed by atoms with Gasteiger partial charge in [0.15, 0.2) is 0 Å². The Balaban J connectivity index is 1.51. The highest BCUT2D eigenvalue weighted by Crippen LogP contribution is 2.32. The molecule has 0 bridgehead atoms. The Hall–Kier alpha value is -3.36. The third kappa shape index (κ3) is 7.14. The molecular formula is C30H37N3O4S. The van der Waals surface area contributed by atoms with E-state index in [0.717, 1.165) is 35.1 Å². The molecule has 1 fully saturated rings. The molecule has 1 N–H and O–H groups in total. The van der Waals surface area contributed by atoms with Gasteiger partial charge in [-0.25, -0.2) is 8.42 Å². The predicted molar refractivity (Wildman–Crippen MR) is 151 cm³/mol. The first-order valence-corrected chi connectivity index (χ1v) is 14.7. The first kappa shape index (κ1) is 27.7. The molecule has 1 amide bonds. The van der Waals surface area contributed by atoms with Gasteiger partial charge in [0, 0.05) is 13.1 Å². The lowest BCUT2D eigenvalue weighted by Gasteiger charge is -2.26. The van der Waals surface area contributed by atoms with Gasteiger partial charge in [0.25, 0.3) is 10.0 Å². The molecule has 7 nitrogen and oxygen atoms in total. The quantitative estimate of drug-likeness (QED) is 0.378. The van der Waals surface area contributed by atoms with Gasteiger partial charge in [-0.3, -0.25) is 14.0 Å². The molecule has 8 heteroatoms. The molecule has 1 saturated heterocycles. The molecule has 0 saturated carbocycles. The van der Waals surface area contributed by atoms with Crippen molar-refractivity contribution < 1.29 is 17.9 Å². The van der Waals surface area contributed by atoms with Crippen molar-refractivity contribution in [2.75, 3.05) is 30.5 Å². The third-order valence-corrected chi connectivity index (χ3v) is 8.44. The number of piperidine rings is 1. The lowest BCUT2D eigenvalue weighted by molar-refractivity contribution is -0.119. The number of likely N-dealkylation sites (tertiary alicyclic amines) is 1. The highest BCUT2D eigenvalue weighted by Gasteiger charge is 2.29. The molecule has 38 heavy (non-hydrogen) atoms. The third-order valence-electron chi connectivity index (χ3n) is 6.67. The number of rotatable bonds is 11. The number of para-hydroxylation sites is 2. The average molecular weight is 536 g/mol. The Labute approximate surface area is 226 Å². The first-order chi connectivity index (χ1) is 18.4. The topological polar surface area (TPSA) is 79.0 Å². The fourth-order valence-electron chi connectivity index (χ4n) is 4.68. The van der Waals surface area contributed by atoms with Crippen molar-refractivity contribution in [1.82, 2.24) is 10.2 Å². The van der Waals surface area contributed by atoms with E-state index in [0.29, 0.717) is 24.6 Å². The maximum absolute atomic E-state index is 13.7. The van der Waals surface area contributed by atoms with Gasteiger partial charge in [0.1, 0.15) is 12.3 Å². The Morgan fingerprint density at radius 1 is 0.947 bits per heavy atom. The second-order valence-corrected chi connectivity index (χ2v) is 11.5. The minimum atomic E-state index is -4.03. The highest BCUT2D eigenvalue weighted by atomic mass is 32.2. The van der Waals surface area contributed by atoms with Crippen molar-refractivity contribution in [3.63, 3.8) is 0 Å². The van der Waals surface area contributed by atoms with Gasteiger partial charge in [-0.05, 0) is 75.2 Å². The Bertz CT molecular complexity index is 1320. The van der Waals surface area contributed by atoms with Crippen LogP contribution < -0.4 is 14.4 Å². The normalized spacial score (nSPS) is 14.2. The van der Waals surface area contributed by atoms with Crippen molar-refractivity contribution in [1.29, 1.82) is 0 Å². The van der Waals surface area contributed by atoms with Crippen molar-refractivity contribution in [3.05, 3.63) is 89.5 Å². The number of carbonyl (C=O) groups excluding carboxylic acids is 1. The Morgan fingerprint density at radius 2 is 1.66 bits per heavy atom. The van der Waals surface area contributed by atoms with E-state index >= 15 is 0 Å². The molecule has 4 rings (SSSR count). The number of sulfonamides is 1. The van der Waals surface area contributed by atoms with Crippen LogP contribution in [-0.4, -0.2) is 45.5 Å². The maximum atomic E-state index is 13.7. The standard InChI is InChI=1S/C30H37N3O4S/c1-3-37-29-13-6-5-12-28(29)33(38(35,36)27-16-14-24(2)15-17-27)23-30(34)31-21-25-10-9-11-26(20-25)22-32-18-7-4-8-19-32/h5-6,9-17,20H,3-4,7-8,18-19,21-23H2,1-2H3,(H,31,34). The second-order valence-electron chi connectivity index (χ2n) is 9.66. The van der Waals surface area contributed by atoms with E-state index in [9.17, 15) is 13.2 Å². The number of carbonyl (C=O) groups is 1. The molecule has 1 heterocycles. The number of nitrogens with one attached hydrogen (secondary N) is 1. The van der Waals surface area contributed by atoms with Crippen LogP contribution in [0.4, 0.5) is 5.69 Å². The van der Waals surface area contributed by atoms with Crippen LogP contribution in [0.1, 0.15) is 42.9 Å². The number of hydrogen-bond acceptors (Lipinski definition) is 5. The van der Waals surface area contributed by atoms with E-state index in [2.05, 4.69) is 22.3 Å². The van der Waals surface area contributed by atoms with Gasteiger partial charge in [-0.1, -0.05) is 60.5 Å². The summed E-state index contributed by atoms with van der Waals surface area (Å²) in [6, 6.07) is 21.7. The molecule has 0 unspecified atom stereocenters. The lowest BCUT2D eigenvalue weighted by atomic mass is 10.1. The summed E-state index contributed by atoms with van der Waals surface area (Å²) in [6.07, 6.45) is 3.78. The molecule has 202 valence electrons. The fourth-order valence-corrected chi connectivity index (χ4v) is 6.11. The monoisotopic (exact) mass is 535 g/mol. The number of hydrogen-bond donors (Lipinski definition) is 1. The summed E-state index contributed by atoms with van der Waals surface area (Å²) >= 11 is 0. The summed E-state index contributed by atoms with van der Waals surface area (Å²) in [4.78, 5) is 15.7. The van der Waals surface area contributed by atoms with E-state index < -0.39 is 15.9 Å². The summed E-state index contributed by atoms with van der Waals surface area (Å²) in [5.41, 5.74) is 3.47. The second kappa shape index (κ2) is 12.9. The minimum Gasteiger partial charge on any atom is -0.492 e. The minimum absolute atomic E-state index is 0.118. The molecule has 1 aliphatic heterocycles. The summed E-state index contributed by atoms with van der Waals surface area (Å²) in [6.45, 7) is 7.19. The zero-order valence-corrected chi connectivity index (χ0v) is 23.0. The number of ether oxygens (including phenoxy) is 1. The van der Waals surface area contributed by atoms with Crippen LogP contribution >= 0.6 is 0 Å². The zero-order chi connectivity index (χ0) is 27.0. The molecule has 0 radical (unpaired) electrons. The first-order valence-electron chi connectivity index (χ1n) is 13.2. The largest absolute Gasteiger partial charge is 0.492 e. The summed E-state index contributed by atoms with van der Waals surface area (Å²) in [7, 11) is -4.03. The van der Waals surface area contributed by atoms with Crippen molar-refractivity contribution >= 4 is 21.6 Å². The lowest BCUT2D eigenvalue weighted by Crippen LogP contribution is -2.41. The van der Waals surface area contributed by atoms with Gasteiger partial charge >= 0.3 is 0 Å². The Kier molecular flexibility index (Phi) is 9.42. The van der Waals surface area contributed by atoms with Gasteiger partial charge in [0.05, 0.1) is 17.2 Å². The number of nitrogens with zero attached hydrogens (tertiary/aromatic N) is 2. The molecule has 3 aromatic rings. The van der Waals surface area contributed by atoms with Gasteiger partial charge in [-0.15, -0.1) is 0 Å². The van der Waals surface area contributed by atoms with Crippen LogP contribution in [-0.2, 0) is 27.9 Å².